The molecule has 0 saturated heterocycles. The minimum absolute atomic E-state index is 0.0835. The van der Waals surface area contributed by atoms with E-state index in [9.17, 15) is 4.79 Å². The molecular formula is C13H25N3O2. The van der Waals surface area contributed by atoms with Crippen molar-refractivity contribution >= 4 is 5.91 Å². The molecule has 1 amide bonds. The second-order valence-corrected chi connectivity index (χ2v) is 4.67. The van der Waals surface area contributed by atoms with Crippen molar-refractivity contribution in [3.8, 4) is 6.07 Å². The minimum Gasteiger partial charge on any atom is -0.385 e. The van der Waals surface area contributed by atoms with E-state index in [-0.39, 0.29) is 11.9 Å². The number of rotatable bonds is 9. The molecule has 0 bridgehead atoms. The fraction of sp³-hybridized carbons (Fsp3) is 0.846. The Morgan fingerprint density at radius 3 is 2.56 bits per heavy atom. The molecule has 0 aliphatic rings. The summed E-state index contributed by atoms with van der Waals surface area (Å²) in [5.74, 6) is 0.0835. The maximum Gasteiger partial charge on any atom is 0.237 e. The zero-order valence-electron chi connectivity index (χ0n) is 12.0. The third kappa shape index (κ3) is 7.25. The molecule has 0 radical (unpaired) electrons. The quantitative estimate of drug-likeness (QED) is 0.579. The van der Waals surface area contributed by atoms with Crippen molar-refractivity contribution in [1.82, 2.24) is 9.80 Å². The predicted octanol–water partition coefficient (Wildman–Crippen LogP) is 1.11. The second kappa shape index (κ2) is 9.86. The number of amides is 1. The molecule has 5 heteroatoms. The van der Waals surface area contributed by atoms with Gasteiger partial charge in [0.2, 0.25) is 5.91 Å². The Bertz CT molecular complexity index is 274. The zero-order chi connectivity index (χ0) is 14.0. The van der Waals surface area contributed by atoms with Gasteiger partial charge in [0.15, 0.2) is 0 Å². The van der Waals surface area contributed by atoms with Crippen LogP contribution in [0.2, 0.25) is 0 Å². The lowest BCUT2D eigenvalue weighted by Gasteiger charge is -2.28. The molecule has 0 spiro atoms. The van der Waals surface area contributed by atoms with Gasteiger partial charge in [-0.1, -0.05) is 0 Å². The van der Waals surface area contributed by atoms with Crippen molar-refractivity contribution in [3.05, 3.63) is 0 Å². The number of ether oxygens (including phenoxy) is 1. The fourth-order valence-corrected chi connectivity index (χ4v) is 1.72. The van der Waals surface area contributed by atoms with E-state index in [1.165, 1.54) is 0 Å². The van der Waals surface area contributed by atoms with Crippen molar-refractivity contribution in [1.29, 1.82) is 5.26 Å². The van der Waals surface area contributed by atoms with Crippen LogP contribution < -0.4 is 0 Å². The summed E-state index contributed by atoms with van der Waals surface area (Å²) in [6.07, 6.45) is 1.30. The van der Waals surface area contributed by atoms with Crippen LogP contribution in [0.4, 0.5) is 0 Å². The molecule has 0 aromatic heterocycles. The average molecular weight is 255 g/mol. The Kier molecular flexibility index (Phi) is 9.25. The minimum atomic E-state index is 0.0835. The first-order chi connectivity index (χ1) is 8.52. The molecule has 0 atom stereocenters. The summed E-state index contributed by atoms with van der Waals surface area (Å²) in [7, 11) is 3.60. The van der Waals surface area contributed by atoms with Crippen molar-refractivity contribution in [2.45, 2.75) is 32.7 Å². The van der Waals surface area contributed by atoms with E-state index in [0.717, 1.165) is 13.0 Å². The normalized spacial score (nSPS) is 10.7. The van der Waals surface area contributed by atoms with Crippen molar-refractivity contribution in [3.63, 3.8) is 0 Å². The molecule has 0 aromatic carbocycles. The monoisotopic (exact) mass is 255 g/mol. The van der Waals surface area contributed by atoms with E-state index in [2.05, 4.69) is 6.07 Å². The second-order valence-electron chi connectivity index (χ2n) is 4.67. The highest BCUT2D eigenvalue weighted by Crippen LogP contribution is 2.02. The zero-order valence-corrected chi connectivity index (χ0v) is 12.0. The average Bonchev–Trinajstić information content (AvgIpc) is 2.29. The van der Waals surface area contributed by atoms with E-state index >= 15 is 0 Å². The van der Waals surface area contributed by atoms with Crippen LogP contribution in [0.5, 0.6) is 0 Å². The molecule has 18 heavy (non-hydrogen) atoms. The van der Waals surface area contributed by atoms with Crippen LogP contribution in [0.15, 0.2) is 0 Å². The van der Waals surface area contributed by atoms with Crippen LogP contribution in [-0.2, 0) is 9.53 Å². The van der Waals surface area contributed by atoms with E-state index < -0.39 is 0 Å². The van der Waals surface area contributed by atoms with Crippen LogP contribution in [-0.4, -0.2) is 62.1 Å². The van der Waals surface area contributed by atoms with E-state index in [1.807, 2.05) is 25.8 Å². The van der Waals surface area contributed by atoms with Gasteiger partial charge in [-0.15, -0.1) is 0 Å². The van der Waals surface area contributed by atoms with Gasteiger partial charge in [0.25, 0.3) is 0 Å². The van der Waals surface area contributed by atoms with Crippen LogP contribution in [0.3, 0.4) is 0 Å². The first kappa shape index (κ1) is 16.9. The van der Waals surface area contributed by atoms with Gasteiger partial charge in [-0.2, -0.15) is 5.26 Å². The molecule has 0 aromatic rings. The lowest BCUT2D eigenvalue weighted by Crippen LogP contribution is -2.43. The predicted molar refractivity (Wildman–Crippen MR) is 71.1 cm³/mol. The molecule has 0 saturated carbocycles. The van der Waals surface area contributed by atoms with Crippen LogP contribution >= 0.6 is 0 Å². The number of hydrogen-bond acceptors (Lipinski definition) is 4. The lowest BCUT2D eigenvalue weighted by molar-refractivity contribution is -0.133. The summed E-state index contributed by atoms with van der Waals surface area (Å²) in [4.78, 5) is 15.8. The number of hydrogen-bond donors (Lipinski definition) is 0. The van der Waals surface area contributed by atoms with Gasteiger partial charge >= 0.3 is 0 Å². The van der Waals surface area contributed by atoms with Crippen molar-refractivity contribution in [2.24, 2.45) is 0 Å². The van der Waals surface area contributed by atoms with Crippen molar-refractivity contribution < 1.29 is 9.53 Å². The van der Waals surface area contributed by atoms with Crippen LogP contribution in [0.1, 0.15) is 26.7 Å². The molecule has 0 fully saturated rings. The Hall–Kier alpha value is -1.12. The summed E-state index contributed by atoms with van der Waals surface area (Å²) >= 11 is 0. The van der Waals surface area contributed by atoms with Crippen LogP contribution in [0, 0.1) is 11.3 Å². The Labute approximate surface area is 110 Å². The first-order valence-corrected chi connectivity index (χ1v) is 6.36. The molecule has 0 rings (SSSR count). The SMILES string of the molecule is COCCCN(C)CC(=O)N(CCC#N)C(C)C. The topological polar surface area (TPSA) is 56.6 Å². The number of carbonyl (C=O) groups is 1. The highest BCUT2D eigenvalue weighted by molar-refractivity contribution is 5.78. The molecule has 0 heterocycles. The fourth-order valence-electron chi connectivity index (χ4n) is 1.72. The maximum atomic E-state index is 12.1. The van der Waals surface area contributed by atoms with Gasteiger partial charge < -0.3 is 9.64 Å². The van der Waals surface area contributed by atoms with Gasteiger partial charge in [-0.05, 0) is 27.3 Å². The van der Waals surface area contributed by atoms with E-state index in [0.29, 0.717) is 26.1 Å². The molecular weight excluding hydrogens is 230 g/mol. The summed E-state index contributed by atoms with van der Waals surface area (Å²) in [6, 6.07) is 2.22. The van der Waals surface area contributed by atoms with E-state index in [4.69, 9.17) is 10.00 Å². The number of carbonyl (C=O) groups excluding carboxylic acids is 1. The highest BCUT2D eigenvalue weighted by Gasteiger charge is 2.17. The van der Waals surface area contributed by atoms with E-state index in [1.54, 1.807) is 12.0 Å². The van der Waals surface area contributed by atoms with Gasteiger partial charge in [-0.25, -0.2) is 0 Å². The Morgan fingerprint density at radius 2 is 2.06 bits per heavy atom. The molecule has 104 valence electrons. The third-order valence-corrected chi connectivity index (χ3v) is 2.70. The number of methoxy groups -OCH3 is 1. The Balaban J connectivity index is 4.12. The lowest BCUT2D eigenvalue weighted by atomic mass is 10.2. The number of nitriles is 1. The van der Waals surface area contributed by atoms with Gasteiger partial charge in [0.05, 0.1) is 19.0 Å². The van der Waals surface area contributed by atoms with Crippen molar-refractivity contribution in [2.75, 3.05) is 40.4 Å². The standard InChI is InChI=1S/C13H25N3O2/c1-12(2)16(9-5-7-14)13(17)11-15(3)8-6-10-18-4/h12H,5-6,8-11H2,1-4H3. The van der Waals surface area contributed by atoms with Gasteiger partial charge in [0.1, 0.15) is 0 Å². The molecule has 0 unspecified atom stereocenters. The van der Waals surface area contributed by atoms with Crippen LogP contribution in [0.25, 0.3) is 0 Å². The number of likely N-dealkylation sites (N-methyl/N-ethyl adjacent to an activating group) is 1. The Morgan fingerprint density at radius 1 is 1.39 bits per heavy atom. The maximum absolute atomic E-state index is 12.1. The molecule has 0 aliphatic carbocycles. The molecule has 5 nitrogen and oxygen atoms in total. The molecule has 0 N–H and O–H groups in total. The summed E-state index contributed by atoms with van der Waals surface area (Å²) < 4.78 is 4.98. The summed E-state index contributed by atoms with van der Waals surface area (Å²) in [5, 5.41) is 8.59. The smallest absolute Gasteiger partial charge is 0.237 e. The van der Waals surface area contributed by atoms with Gasteiger partial charge in [-0.3, -0.25) is 9.69 Å². The highest BCUT2D eigenvalue weighted by atomic mass is 16.5. The third-order valence-electron chi connectivity index (χ3n) is 2.70. The number of nitrogens with zero attached hydrogens (tertiary/aromatic N) is 3. The largest absolute Gasteiger partial charge is 0.385 e. The van der Waals surface area contributed by atoms with Gasteiger partial charge in [0, 0.05) is 32.8 Å². The summed E-state index contributed by atoms with van der Waals surface area (Å²) in [5.41, 5.74) is 0. The summed E-state index contributed by atoms with van der Waals surface area (Å²) in [6.45, 7) is 6.40. The first-order valence-electron chi connectivity index (χ1n) is 6.36. The molecule has 0 aliphatic heterocycles.